The summed E-state index contributed by atoms with van der Waals surface area (Å²) in [6.07, 6.45) is 2.02. The lowest BCUT2D eigenvalue weighted by molar-refractivity contribution is 0.713. The zero-order valence-corrected chi connectivity index (χ0v) is 13.5. The van der Waals surface area contributed by atoms with Crippen molar-refractivity contribution in [1.82, 2.24) is 14.8 Å². The van der Waals surface area contributed by atoms with Crippen LogP contribution in [-0.2, 0) is 6.54 Å². The van der Waals surface area contributed by atoms with Gasteiger partial charge in [0, 0.05) is 11.5 Å². The molecule has 0 bridgehead atoms. The van der Waals surface area contributed by atoms with Gasteiger partial charge in [-0.15, -0.1) is 10.2 Å². The van der Waals surface area contributed by atoms with E-state index < -0.39 is 0 Å². The van der Waals surface area contributed by atoms with Gasteiger partial charge in [-0.2, -0.15) is 4.99 Å². The van der Waals surface area contributed by atoms with Crippen LogP contribution in [0.2, 0.25) is 0 Å². The van der Waals surface area contributed by atoms with E-state index >= 15 is 0 Å². The third-order valence-corrected chi connectivity index (χ3v) is 5.91. The molecule has 2 heterocycles. The summed E-state index contributed by atoms with van der Waals surface area (Å²) in [6.45, 7) is 0.755. The van der Waals surface area contributed by atoms with Crippen molar-refractivity contribution in [1.29, 1.82) is 0 Å². The summed E-state index contributed by atoms with van der Waals surface area (Å²) >= 11 is 5.19. The first kappa shape index (κ1) is 14.0. The highest BCUT2D eigenvalue weighted by Gasteiger charge is 2.15. The molecule has 0 unspecified atom stereocenters. The Balaban J connectivity index is 1.91. The molecule has 0 amide bonds. The molecule has 0 radical (unpaired) electrons. The molecular weight excluding hydrogens is 308 g/mol. The number of nitrogens with zero attached hydrogens (tertiary/aromatic N) is 4. The third kappa shape index (κ3) is 3.21. The summed E-state index contributed by atoms with van der Waals surface area (Å²) in [5.41, 5.74) is 1.23. The van der Waals surface area contributed by atoms with Crippen LogP contribution in [0.3, 0.4) is 0 Å². The lowest BCUT2D eigenvalue weighted by Crippen LogP contribution is -2.01. The standard InChI is InChI=1S/C13H14N4S3/c1-18-12-16-15-11(14-13-19-7-8-20-13)17(12)9-10-5-3-2-4-6-10/h2-6H,7-9H2,1H3. The smallest absolute Gasteiger partial charge is 0.253 e. The first-order valence-electron chi connectivity index (χ1n) is 6.22. The number of aliphatic imine (C=N–C) groups is 1. The van der Waals surface area contributed by atoms with Crippen LogP contribution in [0.4, 0.5) is 5.95 Å². The second-order valence-electron chi connectivity index (χ2n) is 4.13. The SMILES string of the molecule is CSc1nnc(N=C2SCCS2)n1Cc1ccccc1. The Morgan fingerprint density at radius 1 is 1.20 bits per heavy atom. The number of aromatic nitrogens is 3. The van der Waals surface area contributed by atoms with Crippen molar-refractivity contribution in [3.05, 3.63) is 35.9 Å². The maximum absolute atomic E-state index is 4.64. The van der Waals surface area contributed by atoms with E-state index in [4.69, 9.17) is 0 Å². The maximum atomic E-state index is 4.64. The summed E-state index contributed by atoms with van der Waals surface area (Å²) < 4.78 is 3.17. The molecule has 2 aromatic rings. The fourth-order valence-electron chi connectivity index (χ4n) is 1.86. The number of benzene rings is 1. The Labute approximate surface area is 130 Å². The lowest BCUT2D eigenvalue weighted by atomic mass is 10.2. The van der Waals surface area contributed by atoms with Crippen molar-refractivity contribution < 1.29 is 0 Å². The zero-order chi connectivity index (χ0) is 13.8. The molecule has 0 spiro atoms. The summed E-state index contributed by atoms with van der Waals surface area (Å²) in [4.78, 5) is 4.64. The molecule has 104 valence electrons. The second kappa shape index (κ2) is 6.69. The van der Waals surface area contributed by atoms with Crippen LogP contribution in [-0.4, -0.2) is 36.9 Å². The Bertz CT molecular complexity index is 601. The van der Waals surface area contributed by atoms with E-state index in [-0.39, 0.29) is 0 Å². The Morgan fingerprint density at radius 2 is 1.95 bits per heavy atom. The maximum Gasteiger partial charge on any atom is 0.253 e. The van der Waals surface area contributed by atoms with Gasteiger partial charge in [0.05, 0.1) is 6.54 Å². The van der Waals surface area contributed by atoms with E-state index in [2.05, 4.69) is 31.9 Å². The van der Waals surface area contributed by atoms with Crippen molar-refractivity contribution in [3.8, 4) is 0 Å². The highest BCUT2D eigenvalue weighted by Crippen LogP contribution is 2.29. The topological polar surface area (TPSA) is 43.1 Å². The van der Waals surface area contributed by atoms with Crippen molar-refractivity contribution in [2.45, 2.75) is 11.7 Å². The Morgan fingerprint density at radius 3 is 2.65 bits per heavy atom. The van der Waals surface area contributed by atoms with E-state index in [1.54, 1.807) is 35.3 Å². The number of rotatable bonds is 4. The molecule has 1 aliphatic rings. The van der Waals surface area contributed by atoms with Gasteiger partial charge in [-0.3, -0.25) is 4.57 Å². The molecule has 1 aliphatic heterocycles. The van der Waals surface area contributed by atoms with Crippen molar-refractivity contribution in [2.24, 2.45) is 4.99 Å². The molecule has 3 rings (SSSR count). The van der Waals surface area contributed by atoms with E-state index in [9.17, 15) is 0 Å². The van der Waals surface area contributed by atoms with Crippen LogP contribution in [0.1, 0.15) is 5.56 Å². The van der Waals surface area contributed by atoms with Gasteiger partial charge in [-0.05, 0) is 11.8 Å². The van der Waals surface area contributed by atoms with Gasteiger partial charge in [-0.1, -0.05) is 65.6 Å². The summed E-state index contributed by atoms with van der Waals surface area (Å²) in [6, 6.07) is 10.3. The third-order valence-electron chi connectivity index (χ3n) is 2.79. The minimum atomic E-state index is 0.704. The fraction of sp³-hybridized carbons (Fsp3) is 0.308. The molecule has 7 heteroatoms. The van der Waals surface area contributed by atoms with Crippen LogP contribution in [0.5, 0.6) is 0 Å². The summed E-state index contributed by atoms with van der Waals surface area (Å²) in [5.74, 6) is 2.97. The van der Waals surface area contributed by atoms with E-state index in [0.29, 0.717) is 5.95 Å². The molecule has 0 atom stereocenters. The van der Waals surface area contributed by atoms with Gasteiger partial charge in [0.15, 0.2) is 5.16 Å². The monoisotopic (exact) mass is 322 g/mol. The minimum absolute atomic E-state index is 0.704. The average Bonchev–Trinajstić information content (AvgIpc) is 3.11. The average molecular weight is 322 g/mol. The predicted octanol–water partition coefficient (Wildman–Crippen LogP) is 3.52. The van der Waals surface area contributed by atoms with Gasteiger partial charge in [0.2, 0.25) is 0 Å². The zero-order valence-electron chi connectivity index (χ0n) is 11.0. The first-order valence-corrected chi connectivity index (χ1v) is 9.42. The minimum Gasteiger partial charge on any atom is -0.282 e. The highest BCUT2D eigenvalue weighted by atomic mass is 32.2. The van der Waals surface area contributed by atoms with Gasteiger partial charge < -0.3 is 0 Å². The molecule has 1 aromatic carbocycles. The predicted molar refractivity (Wildman–Crippen MR) is 89.4 cm³/mol. The number of thioether (sulfide) groups is 3. The van der Waals surface area contributed by atoms with Gasteiger partial charge in [0.25, 0.3) is 5.95 Å². The Kier molecular flexibility index (Phi) is 4.69. The van der Waals surface area contributed by atoms with Gasteiger partial charge in [-0.25, -0.2) is 0 Å². The van der Waals surface area contributed by atoms with Crippen molar-refractivity contribution >= 4 is 45.6 Å². The quantitative estimate of drug-likeness (QED) is 0.806. The molecule has 0 N–H and O–H groups in total. The molecule has 4 nitrogen and oxygen atoms in total. The van der Waals surface area contributed by atoms with Crippen molar-refractivity contribution in [3.63, 3.8) is 0 Å². The van der Waals surface area contributed by atoms with Crippen LogP contribution in [0, 0.1) is 0 Å². The summed E-state index contributed by atoms with van der Waals surface area (Å²) in [5, 5.41) is 9.35. The molecule has 20 heavy (non-hydrogen) atoms. The van der Waals surface area contributed by atoms with E-state index in [0.717, 1.165) is 27.6 Å². The molecule has 1 saturated heterocycles. The first-order chi connectivity index (χ1) is 9.86. The number of hydrogen-bond acceptors (Lipinski definition) is 6. The second-order valence-corrected chi connectivity index (χ2v) is 7.33. The molecular formula is C13H14N4S3. The molecule has 0 saturated carbocycles. The van der Waals surface area contributed by atoms with Crippen molar-refractivity contribution in [2.75, 3.05) is 17.8 Å². The molecule has 1 fully saturated rings. The van der Waals surface area contributed by atoms with Crippen LogP contribution in [0.15, 0.2) is 40.5 Å². The normalized spacial score (nSPS) is 14.8. The van der Waals surface area contributed by atoms with Gasteiger partial charge >= 0.3 is 0 Å². The summed E-state index contributed by atoms with van der Waals surface area (Å²) in [7, 11) is 0. The highest BCUT2D eigenvalue weighted by molar-refractivity contribution is 8.41. The number of hydrogen-bond donors (Lipinski definition) is 0. The fourth-order valence-corrected chi connectivity index (χ4v) is 4.50. The van der Waals surface area contributed by atoms with E-state index in [1.165, 1.54) is 5.56 Å². The van der Waals surface area contributed by atoms with Crippen LogP contribution >= 0.6 is 35.3 Å². The van der Waals surface area contributed by atoms with Gasteiger partial charge in [0.1, 0.15) is 4.38 Å². The molecule has 0 aliphatic carbocycles. The van der Waals surface area contributed by atoms with Crippen LogP contribution < -0.4 is 0 Å². The van der Waals surface area contributed by atoms with E-state index in [1.807, 2.05) is 24.5 Å². The largest absolute Gasteiger partial charge is 0.282 e. The lowest BCUT2D eigenvalue weighted by Gasteiger charge is -2.07. The van der Waals surface area contributed by atoms with Crippen LogP contribution in [0.25, 0.3) is 0 Å². The molecule has 1 aromatic heterocycles. The Hall–Kier alpha value is -0.920.